The van der Waals surface area contributed by atoms with Gasteiger partial charge in [-0.15, -0.1) is 0 Å². The van der Waals surface area contributed by atoms with Crippen LogP contribution in [0, 0.1) is 0 Å². The summed E-state index contributed by atoms with van der Waals surface area (Å²) < 4.78 is 33.5. The zero-order valence-corrected chi connectivity index (χ0v) is 10.8. The predicted molar refractivity (Wildman–Crippen MR) is 67.2 cm³/mol. The van der Waals surface area contributed by atoms with Crippen molar-refractivity contribution in [3.8, 4) is 11.5 Å². The van der Waals surface area contributed by atoms with E-state index in [4.69, 9.17) is 14.4 Å². The number of benzene rings is 1. The van der Waals surface area contributed by atoms with E-state index in [9.17, 15) is 13.6 Å². The van der Waals surface area contributed by atoms with Crippen LogP contribution in [0.3, 0.4) is 0 Å². The molecular weight excluding hydrogens is 286 g/mol. The molecule has 6 nitrogen and oxygen atoms in total. The van der Waals surface area contributed by atoms with Crippen LogP contribution < -0.4 is 0 Å². The van der Waals surface area contributed by atoms with Gasteiger partial charge in [-0.25, -0.2) is 13.6 Å². The van der Waals surface area contributed by atoms with Crippen LogP contribution in [0.25, 0.3) is 11.5 Å². The molecule has 0 saturated carbocycles. The number of aromatic nitrogens is 2. The fourth-order valence-corrected chi connectivity index (χ4v) is 1.59. The summed E-state index contributed by atoms with van der Waals surface area (Å²) in [6, 6.07) is 6.06. The molecule has 0 amide bonds. The fraction of sp³-hybridized carbons (Fsp3) is 0.308. The first kappa shape index (κ1) is 15.0. The molecule has 0 saturated heterocycles. The van der Waals surface area contributed by atoms with Gasteiger partial charge in [-0.1, -0.05) is 11.2 Å². The molecule has 21 heavy (non-hydrogen) atoms. The van der Waals surface area contributed by atoms with Gasteiger partial charge in [-0.05, 0) is 18.2 Å². The van der Waals surface area contributed by atoms with Crippen molar-refractivity contribution in [2.45, 2.75) is 12.8 Å². The average molecular weight is 298 g/mol. The molecule has 0 fully saturated rings. The summed E-state index contributed by atoms with van der Waals surface area (Å²) in [5.74, 6) is -0.584. The summed E-state index contributed by atoms with van der Waals surface area (Å²) in [4.78, 5) is 14.9. The van der Waals surface area contributed by atoms with Gasteiger partial charge >= 0.3 is 5.97 Å². The standard InChI is InChI=1S/C13H12F2N2O4/c14-10(15)7-20-5-4-11-16-12(21-17-11)8-2-1-3-9(6-8)13(18)19/h1-3,6,10H,4-5,7H2,(H,18,19). The van der Waals surface area contributed by atoms with Crippen molar-refractivity contribution in [1.29, 1.82) is 0 Å². The van der Waals surface area contributed by atoms with E-state index in [-0.39, 0.29) is 24.5 Å². The van der Waals surface area contributed by atoms with Crippen LogP contribution in [0.1, 0.15) is 16.2 Å². The maximum absolute atomic E-state index is 11.9. The topological polar surface area (TPSA) is 85.5 Å². The number of halogens is 2. The lowest BCUT2D eigenvalue weighted by Crippen LogP contribution is -2.07. The third kappa shape index (κ3) is 4.32. The molecule has 0 unspecified atom stereocenters. The van der Waals surface area contributed by atoms with Crippen LogP contribution in [-0.2, 0) is 11.2 Å². The molecular formula is C13H12F2N2O4. The van der Waals surface area contributed by atoms with Crippen LogP contribution in [0.15, 0.2) is 28.8 Å². The van der Waals surface area contributed by atoms with Gasteiger partial charge in [0.25, 0.3) is 12.3 Å². The molecule has 0 bridgehead atoms. The Kier molecular flexibility index (Phi) is 4.94. The number of hydrogen-bond acceptors (Lipinski definition) is 5. The highest BCUT2D eigenvalue weighted by Crippen LogP contribution is 2.18. The molecule has 1 aromatic heterocycles. The number of carboxylic acids is 1. The van der Waals surface area contributed by atoms with Gasteiger partial charge in [0.1, 0.15) is 6.61 Å². The summed E-state index contributed by atoms with van der Waals surface area (Å²) >= 11 is 0. The van der Waals surface area contributed by atoms with Crippen molar-refractivity contribution >= 4 is 5.97 Å². The Morgan fingerprint density at radius 1 is 1.43 bits per heavy atom. The SMILES string of the molecule is O=C(O)c1cccc(-c2nc(CCOCC(F)F)no2)c1. The minimum Gasteiger partial charge on any atom is -0.478 e. The number of nitrogens with zero attached hydrogens (tertiary/aromatic N) is 2. The van der Waals surface area contributed by atoms with Gasteiger partial charge in [0.2, 0.25) is 0 Å². The first-order valence-electron chi connectivity index (χ1n) is 6.08. The summed E-state index contributed by atoms with van der Waals surface area (Å²) in [6.45, 7) is -0.580. The second-order valence-corrected chi connectivity index (χ2v) is 4.12. The zero-order chi connectivity index (χ0) is 15.2. The molecule has 1 heterocycles. The molecule has 8 heteroatoms. The molecule has 2 rings (SSSR count). The Morgan fingerprint density at radius 2 is 2.24 bits per heavy atom. The molecule has 112 valence electrons. The van der Waals surface area contributed by atoms with Gasteiger partial charge in [0, 0.05) is 12.0 Å². The lowest BCUT2D eigenvalue weighted by molar-refractivity contribution is 0.0182. The van der Waals surface area contributed by atoms with E-state index >= 15 is 0 Å². The Labute approximate surface area is 118 Å². The minimum absolute atomic E-state index is 0.0540. The van der Waals surface area contributed by atoms with Crippen LogP contribution in [0.4, 0.5) is 8.78 Å². The van der Waals surface area contributed by atoms with Gasteiger partial charge in [0.05, 0.1) is 12.2 Å². The Hall–Kier alpha value is -2.35. The Bertz CT molecular complexity index is 616. The number of carbonyl (C=O) groups is 1. The van der Waals surface area contributed by atoms with E-state index < -0.39 is 19.0 Å². The second kappa shape index (κ2) is 6.89. The van der Waals surface area contributed by atoms with Gasteiger partial charge < -0.3 is 14.4 Å². The van der Waals surface area contributed by atoms with Crippen molar-refractivity contribution in [2.24, 2.45) is 0 Å². The van der Waals surface area contributed by atoms with E-state index in [1.807, 2.05) is 0 Å². The molecule has 0 radical (unpaired) electrons. The molecule has 2 aromatic rings. The second-order valence-electron chi connectivity index (χ2n) is 4.12. The Morgan fingerprint density at radius 3 is 2.95 bits per heavy atom. The van der Waals surface area contributed by atoms with Crippen LogP contribution in [-0.4, -0.2) is 40.9 Å². The molecule has 0 spiro atoms. The number of carboxylic acid groups (broad SMARTS) is 1. The number of hydrogen-bond donors (Lipinski definition) is 1. The lowest BCUT2D eigenvalue weighted by atomic mass is 10.1. The van der Waals surface area contributed by atoms with Crippen molar-refractivity contribution in [3.63, 3.8) is 0 Å². The molecule has 1 N–H and O–H groups in total. The van der Waals surface area contributed by atoms with Gasteiger partial charge in [0.15, 0.2) is 5.82 Å². The first-order chi connectivity index (χ1) is 10.1. The Balaban J connectivity index is 1.99. The molecule has 0 aliphatic carbocycles. The number of rotatable bonds is 7. The van der Waals surface area contributed by atoms with Crippen molar-refractivity contribution < 1.29 is 27.9 Å². The molecule has 0 atom stereocenters. The van der Waals surface area contributed by atoms with E-state index in [1.165, 1.54) is 12.1 Å². The maximum Gasteiger partial charge on any atom is 0.335 e. The smallest absolute Gasteiger partial charge is 0.335 e. The number of ether oxygens (including phenoxy) is 1. The van der Waals surface area contributed by atoms with E-state index in [2.05, 4.69) is 10.1 Å². The predicted octanol–water partition coefficient (Wildman–Crippen LogP) is 2.26. The third-order valence-electron chi connectivity index (χ3n) is 2.54. The summed E-state index contributed by atoms with van der Waals surface area (Å²) in [7, 11) is 0. The van der Waals surface area contributed by atoms with Gasteiger partial charge in [-0.3, -0.25) is 0 Å². The van der Waals surface area contributed by atoms with Crippen LogP contribution >= 0.6 is 0 Å². The molecule has 1 aromatic carbocycles. The largest absolute Gasteiger partial charge is 0.478 e. The molecule has 0 aliphatic heterocycles. The minimum atomic E-state index is -2.51. The highest BCUT2D eigenvalue weighted by Gasteiger charge is 2.11. The van der Waals surface area contributed by atoms with E-state index in [0.29, 0.717) is 11.4 Å². The van der Waals surface area contributed by atoms with Crippen molar-refractivity contribution in [2.75, 3.05) is 13.2 Å². The van der Waals surface area contributed by atoms with Crippen molar-refractivity contribution in [1.82, 2.24) is 10.1 Å². The molecule has 0 aliphatic rings. The normalized spacial score (nSPS) is 11.0. The summed E-state index contributed by atoms with van der Waals surface area (Å²) in [5.41, 5.74) is 0.578. The lowest BCUT2D eigenvalue weighted by Gasteiger charge is -1.99. The van der Waals surface area contributed by atoms with Crippen LogP contribution in [0.2, 0.25) is 0 Å². The average Bonchev–Trinajstić information content (AvgIpc) is 2.92. The highest BCUT2D eigenvalue weighted by molar-refractivity contribution is 5.88. The maximum atomic E-state index is 11.9. The number of alkyl halides is 2. The zero-order valence-electron chi connectivity index (χ0n) is 10.8. The summed E-state index contributed by atoms with van der Waals surface area (Å²) in [6.07, 6.45) is -2.28. The van der Waals surface area contributed by atoms with E-state index in [1.54, 1.807) is 12.1 Å². The van der Waals surface area contributed by atoms with Crippen molar-refractivity contribution in [3.05, 3.63) is 35.7 Å². The first-order valence-corrected chi connectivity index (χ1v) is 6.08. The fourth-order valence-electron chi connectivity index (χ4n) is 1.59. The van der Waals surface area contributed by atoms with Crippen LogP contribution in [0.5, 0.6) is 0 Å². The van der Waals surface area contributed by atoms with Gasteiger partial charge in [-0.2, -0.15) is 4.98 Å². The highest BCUT2D eigenvalue weighted by atomic mass is 19.3. The third-order valence-corrected chi connectivity index (χ3v) is 2.54. The number of aromatic carboxylic acids is 1. The summed E-state index contributed by atoms with van der Waals surface area (Å²) in [5, 5.41) is 12.6. The quantitative estimate of drug-likeness (QED) is 0.789. The monoisotopic (exact) mass is 298 g/mol. The van der Waals surface area contributed by atoms with E-state index in [0.717, 1.165) is 0 Å².